The number of hydrogen-bond acceptors (Lipinski definition) is 2. The van der Waals surface area contributed by atoms with Crippen LogP contribution in [0.25, 0.3) is 0 Å². The molecule has 2 nitrogen and oxygen atoms in total. The lowest BCUT2D eigenvalue weighted by Crippen LogP contribution is -2.12. The van der Waals surface area contributed by atoms with Gasteiger partial charge in [0.2, 0.25) is 0 Å². The van der Waals surface area contributed by atoms with Crippen LogP contribution in [0.2, 0.25) is 0 Å². The molecule has 4 aromatic carbocycles. The van der Waals surface area contributed by atoms with Crippen LogP contribution < -0.4 is 20.1 Å². The first-order valence-corrected chi connectivity index (χ1v) is 17.0. The highest BCUT2D eigenvalue weighted by atomic mass is 31.1. The quantitative estimate of drug-likeness (QED) is 0.159. The van der Waals surface area contributed by atoms with Crippen molar-refractivity contribution in [3.05, 3.63) is 119 Å². The van der Waals surface area contributed by atoms with Crippen LogP contribution in [0, 0.1) is 0 Å². The summed E-state index contributed by atoms with van der Waals surface area (Å²) in [5.74, 6) is 1.99. The van der Waals surface area contributed by atoms with Gasteiger partial charge in [-0.25, -0.2) is 0 Å². The number of para-hydroxylation sites is 2. The number of hydrogen-bond donors (Lipinski definition) is 0. The van der Waals surface area contributed by atoms with Gasteiger partial charge < -0.3 is 9.47 Å². The van der Waals surface area contributed by atoms with Crippen molar-refractivity contribution in [2.24, 2.45) is 0 Å². The summed E-state index contributed by atoms with van der Waals surface area (Å²) in [6, 6.07) is 35.8. The van der Waals surface area contributed by atoms with Gasteiger partial charge in [-0.1, -0.05) is 115 Å². The third kappa shape index (κ3) is 7.47. The molecule has 0 aliphatic rings. The van der Waals surface area contributed by atoms with E-state index in [1.807, 2.05) is 0 Å². The van der Waals surface area contributed by atoms with E-state index in [1.54, 1.807) is 14.2 Å². The van der Waals surface area contributed by atoms with E-state index >= 15 is 0 Å². The van der Waals surface area contributed by atoms with Crippen molar-refractivity contribution in [2.45, 2.75) is 39.0 Å². The highest BCUT2D eigenvalue weighted by Gasteiger charge is 2.20. The first-order chi connectivity index (χ1) is 18.6. The molecule has 2 atom stereocenters. The lowest BCUT2D eigenvalue weighted by atomic mass is 10.2. The summed E-state index contributed by atoms with van der Waals surface area (Å²) in [7, 11) is 2.79. The van der Waals surface area contributed by atoms with Crippen LogP contribution in [0.5, 0.6) is 11.5 Å². The number of rotatable bonds is 13. The van der Waals surface area contributed by atoms with Crippen molar-refractivity contribution in [3.8, 4) is 11.5 Å². The van der Waals surface area contributed by atoms with Crippen molar-refractivity contribution >= 4 is 26.5 Å². The van der Waals surface area contributed by atoms with Crippen LogP contribution in [-0.4, -0.2) is 26.5 Å². The summed E-state index contributed by atoms with van der Waals surface area (Å²) >= 11 is 0. The standard InChI is InChI=1S/C34H40O2P2/c1-5-27-15-19-31(20-16-27)37(25-29-11-7-9-13-33(29)35-3)23-24-38(32-21-17-28(6-2)18-22-32)26-30-12-8-10-14-34(30)36-4/h7-22H,5-6,23-26H2,1-4H3. The predicted octanol–water partition coefficient (Wildman–Crippen LogP) is 8.14. The number of ether oxygens (including phenoxy) is 2. The van der Waals surface area contributed by atoms with Gasteiger partial charge in [0.1, 0.15) is 11.5 Å². The molecule has 0 N–H and O–H groups in total. The first kappa shape index (κ1) is 28.4. The Morgan fingerprint density at radius 1 is 0.500 bits per heavy atom. The smallest absolute Gasteiger partial charge is 0.122 e. The molecule has 4 heteroatoms. The van der Waals surface area contributed by atoms with Gasteiger partial charge in [-0.05, 0) is 70.2 Å². The van der Waals surface area contributed by atoms with Gasteiger partial charge in [-0.2, -0.15) is 0 Å². The van der Waals surface area contributed by atoms with Crippen LogP contribution in [-0.2, 0) is 25.2 Å². The van der Waals surface area contributed by atoms with Gasteiger partial charge in [-0.3, -0.25) is 0 Å². The molecule has 0 spiro atoms. The number of methoxy groups -OCH3 is 2. The lowest BCUT2D eigenvalue weighted by molar-refractivity contribution is 0.411. The van der Waals surface area contributed by atoms with Gasteiger partial charge >= 0.3 is 0 Å². The maximum Gasteiger partial charge on any atom is 0.122 e. The molecule has 0 aliphatic carbocycles. The molecule has 0 radical (unpaired) electrons. The third-order valence-corrected chi connectivity index (χ3v) is 12.5. The highest BCUT2D eigenvalue weighted by molar-refractivity contribution is 7.68. The van der Waals surface area contributed by atoms with E-state index < -0.39 is 0 Å². The largest absolute Gasteiger partial charge is 0.496 e. The molecule has 0 aliphatic heterocycles. The predicted molar refractivity (Wildman–Crippen MR) is 168 cm³/mol. The van der Waals surface area contributed by atoms with E-state index in [4.69, 9.17) is 9.47 Å². The lowest BCUT2D eigenvalue weighted by Gasteiger charge is -2.25. The molecule has 0 fully saturated rings. The molecule has 0 amide bonds. The Hall–Kier alpha value is -2.66. The molecular weight excluding hydrogens is 502 g/mol. The highest BCUT2D eigenvalue weighted by Crippen LogP contribution is 2.47. The van der Waals surface area contributed by atoms with E-state index in [9.17, 15) is 0 Å². The fraction of sp³-hybridized carbons (Fsp3) is 0.294. The van der Waals surface area contributed by atoms with Gasteiger partial charge in [0.15, 0.2) is 0 Å². The van der Waals surface area contributed by atoms with Crippen molar-refractivity contribution in [2.75, 3.05) is 26.5 Å². The van der Waals surface area contributed by atoms with E-state index in [-0.39, 0.29) is 15.8 Å². The van der Waals surface area contributed by atoms with Crippen LogP contribution >= 0.6 is 15.8 Å². The van der Waals surface area contributed by atoms with Gasteiger partial charge in [0.25, 0.3) is 0 Å². The van der Waals surface area contributed by atoms with Gasteiger partial charge in [0, 0.05) is 12.3 Å². The van der Waals surface area contributed by atoms with Gasteiger partial charge in [0.05, 0.1) is 14.2 Å². The zero-order valence-electron chi connectivity index (χ0n) is 23.2. The Labute approximate surface area is 231 Å². The first-order valence-electron chi connectivity index (χ1n) is 13.6. The maximum absolute atomic E-state index is 5.74. The summed E-state index contributed by atoms with van der Waals surface area (Å²) < 4.78 is 11.5. The van der Waals surface area contributed by atoms with Crippen LogP contribution in [0.1, 0.15) is 36.1 Å². The molecule has 4 rings (SSSR count). The summed E-state index contributed by atoms with van der Waals surface area (Å²) in [5.41, 5.74) is 5.41. The average molecular weight is 543 g/mol. The summed E-state index contributed by atoms with van der Waals surface area (Å²) in [6.45, 7) is 4.45. The molecule has 0 aromatic heterocycles. The molecule has 198 valence electrons. The van der Waals surface area contributed by atoms with E-state index in [0.29, 0.717) is 0 Å². The second-order valence-corrected chi connectivity index (χ2v) is 14.2. The van der Waals surface area contributed by atoms with Crippen molar-refractivity contribution in [3.63, 3.8) is 0 Å². The Bertz CT molecular complexity index is 1170. The summed E-state index contributed by atoms with van der Waals surface area (Å²) in [5, 5.41) is 2.97. The van der Waals surface area contributed by atoms with E-state index in [2.05, 4.69) is 111 Å². The van der Waals surface area contributed by atoms with Crippen molar-refractivity contribution < 1.29 is 9.47 Å². The molecule has 0 heterocycles. The maximum atomic E-state index is 5.74. The van der Waals surface area contributed by atoms with E-state index in [1.165, 1.54) is 45.2 Å². The van der Waals surface area contributed by atoms with Crippen LogP contribution in [0.4, 0.5) is 0 Å². The second kappa shape index (κ2) is 14.5. The van der Waals surface area contributed by atoms with Crippen molar-refractivity contribution in [1.82, 2.24) is 0 Å². The Kier molecular flexibility index (Phi) is 10.8. The molecule has 2 unspecified atom stereocenters. The molecule has 0 bridgehead atoms. The molecule has 0 saturated carbocycles. The summed E-state index contributed by atoms with van der Waals surface area (Å²) in [6.07, 6.45) is 6.60. The molecule has 4 aromatic rings. The minimum Gasteiger partial charge on any atom is -0.496 e. The monoisotopic (exact) mass is 542 g/mol. The normalized spacial score (nSPS) is 12.6. The number of aryl methyl sites for hydroxylation is 2. The fourth-order valence-electron chi connectivity index (χ4n) is 4.80. The van der Waals surface area contributed by atoms with Crippen LogP contribution in [0.3, 0.4) is 0 Å². The SMILES string of the molecule is CCc1ccc(P(CCP(Cc2ccccc2OC)c2ccc(CC)cc2)Cc2ccccc2OC)cc1. The van der Waals surface area contributed by atoms with Gasteiger partial charge in [-0.15, -0.1) is 0 Å². The topological polar surface area (TPSA) is 18.5 Å². The minimum absolute atomic E-state index is 0.385. The Morgan fingerprint density at radius 3 is 1.21 bits per heavy atom. The van der Waals surface area contributed by atoms with Crippen LogP contribution in [0.15, 0.2) is 97.1 Å². The Morgan fingerprint density at radius 2 is 0.868 bits per heavy atom. The van der Waals surface area contributed by atoms with E-state index in [0.717, 1.165) is 36.7 Å². The zero-order chi connectivity index (χ0) is 26.7. The number of benzene rings is 4. The average Bonchev–Trinajstić information content (AvgIpc) is 2.99. The fourth-order valence-corrected chi connectivity index (χ4v) is 10.4. The third-order valence-electron chi connectivity index (χ3n) is 7.17. The minimum atomic E-state index is -0.385. The molecular formula is C34H40O2P2. The molecule has 0 saturated heterocycles. The second-order valence-electron chi connectivity index (χ2n) is 9.51. The Balaban J connectivity index is 1.63. The molecule has 38 heavy (non-hydrogen) atoms. The van der Waals surface area contributed by atoms with Crippen molar-refractivity contribution in [1.29, 1.82) is 0 Å². The summed E-state index contributed by atoms with van der Waals surface area (Å²) in [4.78, 5) is 0. The zero-order valence-corrected chi connectivity index (χ0v) is 25.0.